The van der Waals surface area contributed by atoms with Crippen molar-refractivity contribution in [2.45, 2.75) is 13.3 Å². The van der Waals surface area contributed by atoms with E-state index < -0.39 is 11.2 Å². The van der Waals surface area contributed by atoms with Gasteiger partial charge in [0, 0.05) is 6.54 Å². The van der Waals surface area contributed by atoms with Gasteiger partial charge in [0.25, 0.3) is 5.56 Å². The van der Waals surface area contributed by atoms with Crippen molar-refractivity contribution in [3.8, 4) is 0 Å². The maximum Gasteiger partial charge on any atom is 0.342 e. The Morgan fingerprint density at radius 2 is 2.29 bits per heavy atom. The van der Waals surface area contributed by atoms with Crippen molar-refractivity contribution in [2.75, 3.05) is 11.9 Å². The minimum absolute atomic E-state index is 0.184. The van der Waals surface area contributed by atoms with Crippen LogP contribution in [-0.4, -0.2) is 21.7 Å². The molecule has 2 unspecified atom stereocenters. The molecule has 1 aromatic rings. The summed E-state index contributed by atoms with van der Waals surface area (Å²) in [5.41, 5.74) is -1.05. The van der Waals surface area contributed by atoms with Crippen molar-refractivity contribution in [1.29, 1.82) is 0 Å². The molecule has 1 aromatic heterocycles. The summed E-state index contributed by atoms with van der Waals surface area (Å²) >= 11 is 0. The minimum atomic E-state index is -0.583. The standard InChI is InChI=1S/C8H12N4O2/c1-4-2-5(4)3-9-6-7(13)10-8(14)12-11-6/h4-5H,2-3H2,1H3,(H,9,11)(H2,10,12,13,14). The second-order valence-electron chi connectivity index (χ2n) is 3.71. The highest BCUT2D eigenvalue weighted by atomic mass is 16.2. The molecule has 0 aliphatic heterocycles. The lowest BCUT2D eigenvalue weighted by atomic mass is 10.3. The third kappa shape index (κ3) is 1.84. The molecule has 14 heavy (non-hydrogen) atoms. The van der Waals surface area contributed by atoms with Crippen molar-refractivity contribution < 1.29 is 0 Å². The predicted octanol–water partition coefficient (Wildman–Crippen LogP) is -0.474. The number of aromatic nitrogens is 3. The molecular formula is C8H12N4O2. The first-order valence-electron chi connectivity index (χ1n) is 4.59. The average Bonchev–Trinajstić information content (AvgIpc) is 2.80. The van der Waals surface area contributed by atoms with E-state index in [1.807, 2.05) is 0 Å². The lowest BCUT2D eigenvalue weighted by molar-refractivity contribution is 0.775. The van der Waals surface area contributed by atoms with Gasteiger partial charge in [-0.1, -0.05) is 6.92 Å². The maximum atomic E-state index is 11.2. The molecule has 1 aliphatic rings. The van der Waals surface area contributed by atoms with Crippen molar-refractivity contribution >= 4 is 5.82 Å². The van der Waals surface area contributed by atoms with Gasteiger partial charge in [-0.2, -0.15) is 0 Å². The fraction of sp³-hybridized carbons (Fsp3) is 0.625. The Hall–Kier alpha value is -1.59. The summed E-state index contributed by atoms with van der Waals surface area (Å²) in [6.07, 6.45) is 1.19. The fourth-order valence-electron chi connectivity index (χ4n) is 1.38. The Kier molecular flexibility index (Phi) is 2.11. The molecule has 2 rings (SSSR count). The van der Waals surface area contributed by atoms with Gasteiger partial charge in [-0.15, -0.1) is 5.10 Å². The monoisotopic (exact) mass is 196 g/mol. The molecule has 0 aromatic carbocycles. The third-order valence-corrected chi connectivity index (χ3v) is 2.52. The number of aromatic amines is 2. The Labute approximate surface area is 79.8 Å². The second kappa shape index (κ2) is 3.28. The van der Waals surface area contributed by atoms with E-state index in [0.717, 1.165) is 12.5 Å². The van der Waals surface area contributed by atoms with Gasteiger partial charge in [0.15, 0.2) is 0 Å². The SMILES string of the molecule is CC1CC1CNc1n[nH]c(=O)[nH]c1=O. The molecule has 6 nitrogen and oxygen atoms in total. The first kappa shape index (κ1) is 8.98. The molecule has 0 amide bonds. The van der Waals surface area contributed by atoms with E-state index in [9.17, 15) is 9.59 Å². The van der Waals surface area contributed by atoms with Crippen molar-refractivity contribution in [1.82, 2.24) is 15.2 Å². The average molecular weight is 196 g/mol. The number of anilines is 1. The Morgan fingerprint density at radius 1 is 1.57 bits per heavy atom. The van der Waals surface area contributed by atoms with E-state index in [1.54, 1.807) is 0 Å². The van der Waals surface area contributed by atoms with E-state index in [1.165, 1.54) is 6.42 Å². The number of hydrogen-bond donors (Lipinski definition) is 3. The van der Waals surface area contributed by atoms with E-state index in [2.05, 4.69) is 27.4 Å². The Balaban J connectivity index is 2.02. The van der Waals surface area contributed by atoms with Crippen molar-refractivity contribution in [3.63, 3.8) is 0 Å². The molecule has 0 spiro atoms. The van der Waals surface area contributed by atoms with Gasteiger partial charge in [0.05, 0.1) is 0 Å². The predicted molar refractivity (Wildman–Crippen MR) is 51.2 cm³/mol. The molecule has 1 heterocycles. The van der Waals surface area contributed by atoms with Crippen LogP contribution in [0.3, 0.4) is 0 Å². The van der Waals surface area contributed by atoms with E-state index in [0.29, 0.717) is 5.92 Å². The van der Waals surface area contributed by atoms with Crippen LogP contribution in [0.1, 0.15) is 13.3 Å². The quantitative estimate of drug-likeness (QED) is 0.609. The second-order valence-corrected chi connectivity index (χ2v) is 3.71. The van der Waals surface area contributed by atoms with Gasteiger partial charge >= 0.3 is 5.69 Å². The number of rotatable bonds is 3. The Bertz CT molecular complexity index is 435. The van der Waals surface area contributed by atoms with Crippen LogP contribution in [0.5, 0.6) is 0 Å². The zero-order chi connectivity index (χ0) is 10.1. The van der Waals surface area contributed by atoms with Crippen LogP contribution >= 0.6 is 0 Å². The minimum Gasteiger partial charge on any atom is -0.364 e. The van der Waals surface area contributed by atoms with Gasteiger partial charge in [-0.25, -0.2) is 9.89 Å². The number of nitrogens with one attached hydrogen (secondary N) is 3. The lowest BCUT2D eigenvalue weighted by Gasteiger charge is -2.01. The van der Waals surface area contributed by atoms with Gasteiger partial charge in [0.1, 0.15) is 0 Å². The van der Waals surface area contributed by atoms with Gasteiger partial charge in [0.2, 0.25) is 5.82 Å². The maximum absolute atomic E-state index is 11.2. The Morgan fingerprint density at radius 3 is 2.86 bits per heavy atom. The molecule has 0 saturated heterocycles. The molecule has 1 saturated carbocycles. The summed E-state index contributed by atoms with van der Waals surface area (Å²) in [5, 5.41) is 8.69. The molecule has 2 atom stereocenters. The highest BCUT2D eigenvalue weighted by Gasteiger charge is 2.32. The first-order chi connectivity index (χ1) is 6.66. The fourth-order valence-corrected chi connectivity index (χ4v) is 1.38. The molecule has 1 fully saturated rings. The van der Waals surface area contributed by atoms with Crippen LogP contribution in [0.25, 0.3) is 0 Å². The summed E-state index contributed by atoms with van der Waals surface area (Å²) in [6, 6.07) is 0. The van der Waals surface area contributed by atoms with E-state index in [4.69, 9.17) is 0 Å². The van der Waals surface area contributed by atoms with Crippen LogP contribution in [0, 0.1) is 11.8 Å². The van der Waals surface area contributed by atoms with Crippen molar-refractivity contribution in [2.24, 2.45) is 11.8 Å². The largest absolute Gasteiger partial charge is 0.364 e. The molecule has 76 valence electrons. The number of hydrogen-bond acceptors (Lipinski definition) is 4. The topological polar surface area (TPSA) is 90.6 Å². The summed E-state index contributed by atoms with van der Waals surface area (Å²) in [5.74, 6) is 1.54. The number of nitrogens with zero attached hydrogens (tertiary/aromatic N) is 1. The highest BCUT2D eigenvalue weighted by molar-refractivity contribution is 5.29. The van der Waals surface area contributed by atoms with E-state index in [-0.39, 0.29) is 5.82 Å². The summed E-state index contributed by atoms with van der Waals surface area (Å²) in [6.45, 7) is 2.90. The molecule has 1 aliphatic carbocycles. The van der Waals surface area contributed by atoms with Crippen molar-refractivity contribution in [3.05, 3.63) is 20.8 Å². The number of H-pyrrole nitrogens is 2. The molecule has 0 bridgehead atoms. The summed E-state index contributed by atoms with van der Waals surface area (Å²) in [4.78, 5) is 23.9. The van der Waals surface area contributed by atoms with E-state index >= 15 is 0 Å². The molecular weight excluding hydrogens is 184 g/mol. The highest BCUT2D eigenvalue weighted by Crippen LogP contribution is 2.37. The lowest BCUT2D eigenvalue weighted by Crippen LogP contribution is -2.27. The summed E-state index contributed by atoms with van der Waals surface area (Å²) < 4.78 is 0. The van der Waals surface area contributed by atoms with Crippen LogP contribution in [-0.2, 0) is 0 Å². The van der Waals surface area contributed by atoms with Gasteiger partial charge in [-0.3, -0.25) is 9.78 Å². The van der Waals surface area contributed by atoms with Crippen LogP contribution in [0.15, 0.2) is 9.59 Å². The summed E-state index contributed by atoms with van der Waals surface area (Å²) in [7, 11) is 0. The van der Waals surface area contributed by atoms with Gasteiger partial charge < -0.3 is 5.32 Å². The molecule has 6 heteroatoms. The van der Waals surface area contributed by atoms with Gasteiger partial charge in [-0.05, 0) is 18.3 Å². The first-order valence-corrected chi connectivity index (χ1v) is 4.59. The molecule has 0 radical (unpaired) electrons. The van der Waals surface area contributed by atoms with Crippen LogP contribution < -0.4 is 16.6 Å². The van der Waals surface area contributed by atoms with Crippen LogP contribution in [0.2, 0.25) is 0 Å². The molecule has 3 N–H and O–H groups in total. The third-order valence-electron chi connectivity index (χ3n) is 2.52. The zero-order valence-electron chi connectivity index (χ0n) is 7.83. The van der Waals surface area contributed by atoms with Crippen LogP contribution in [0.4, 0.5) is 5.82 Å². The zero-order valence-corrected chi connectivity index (χ0v) is 7.83. The normalized spacial score (nSPS) is 24.6. The smallest absolute Gasteiger partial charge is 0.342 e.